The summed E-state index contributed by atoms with van der Waals surface area (Å²) in [5.41, 5.74) is 2.83. The van der Waals surface area contributed by atoms with E-state index in [4.69, 9.17) is 9.47 Å². The molecular weight excluding hydrogens is 354 g/mol. The molecule has 3 rings (SSSR count). The number of hydrogen-bond acceptors (Lipinski definition) is 4. The fourth-order valence-electron chi connectivity index (χ4n) is 3.17. The van der Waals surface area contributed by atoms with Crippen molar-refractivity contribution >= 4 is 11.9 Å². The van der Waals surface area contributed by atoms with Gasteiger partial charge in [0.1, 0.15) is 5.75 Å². The zero-order chi connectivity index (χ0) is 20.1. The van der Waals surface area contributed by atoms with E-state index in [0.29, 0.717) is 36.9 Å². The van der Waals surface area contributed by atoms with Gasteiger partial charge in [-0.3, -0.25) is 4.79 Å². The average Bonchev–Trinajstić information content (AvgIpc) is 2.71. The van der Waals surface area contributed by atoms with E-state index in [2.05, 4.69) is 19.9 Å². The van der Waals surface area contributed by atoms with Gasteiger partial charge in [-0.2, -0.15) is 0 Å². The molecule has 0 radical (unpaired) electrons. The van der Waals surface area contributed by atoms with Gasteiger partial charge >= 0.3 is 5.97 Å². The molecule has 148 valence electrons. The van der Waals surface area contributed by atoms with Crippen LogP contribution in [0.5, 0.6) is 5.75 Å². The van der Waals surface area contributed by atoms with E-state index in [-0.39, 0.29) is 5.91 Å². The van der Waals surface area contributed by atoms with Gasteiger partial charge in [-0.15, -0.1) is 0 Å². The van der Waals surface area contributed by atoms with Gasteiger partial charge in [0.05, 0.1) is 12.2 Å². The smallest absolute Gasteiger partial charge is 0.338 e. The molecule has 0 fully saturated rings. The maximum absolute atomic E-state index is 12.7. The van der Waals surface area contributed by atoms with E-state index in [9.17, 15) is 9.59 Å². The van der Waals surface area contributed by atoms with Crippen LogP contribution in [-0.4, -0.2) is 36.0 Å². The normalized spacial score (nSPS) is 14.4. The third-order valence-corrected chi connectivity index (χ3v) is 4.75. The molecule has 1 aliphatic rings. The zero-order valence-electron chi connectivity index (χ0n) is 16.7. The van der Waals surface area contributed by atoms with Crippen molar-refractivity contribution in [3.8, 4) is 5.75 Å². The minimum atomic E-state index is -0.824. The largest absolute Gasteiger partial charge is 0.493 e. The Morgan fingerprint density at radius 2 is 1.68 bits per heavy atom. The van der Waals surface area contributed by atoms with E-state index < -0.39 is 12.1 Å². The molecule has 0 saturated heterocycles. The number of amides is 1. The average molecular weight is 381 g/mol. The van der Waals surface area contributed by atoms with Crippen LogP contribution in [0.1, 0.15) is 42.3 Å². The number of esters is 1. The minimum absolute atomic E-state index is 0.167. The summed E-state index contributed by atoms with van der Waals surface area (Å²) in [6.45, 7) is 7.59. The Morgan fingerprint density at radius 3 is 2.36 bits per heavy atom. The first-order valence-electron chi connectivity index (χ1n) is 9.73. The molecule has 5 heteroatoms. The number of carbonyl (C=O) groups is 2. The SMILES string of the molecule is CC(C)COc1ccc(C(=O)O[C@@H](C)C(=O)N2CCc3ccccc3C2)cc1. The van der Waals surface area contributed by atoms with Crippen molar-refractivity contribution in [3.05, 3.63) is 65.2 Å². The number of hydrogen-bond donors (Lipinski definition) is 0. The number of carbonyl (C=O) groups excluding carboxylic acids is 2. The highest BCUT2D eigenvalue weighted by Gasteiger charge is 2.27. The van der Waals surface area contributed by atoms with Gasteiger partial charge in [0.2, 0.25) is 0 Å². The molecule has 2 aromatic rings. The lowest BCUT2D eigenvalue weighted by Gasteiger charge is -2.30. The molecule has 28 heavy (non-hydrogen) atoms. The van der Waals surface area contributed by atoms with E-state index in [1.165, 1.54) is 5.56 Å². The molecular formula is C23H27NO4. The molecule has 1 atom stereocenters. The van der Waals surface area contributed by atoms with Gasteiger partial charge in [-0.05, 0) is 54.7 Å². The molecule has 0 N–H and O–H groups in total. The Balaban J connectivity index is 1.56. The van der Waals surface area contributed by atoms with Gasteiger partial charge in [0.25, 0.3) is 5.91 Å². The topological polar surface area (TPSA) is 55.8 Å². The first-order chi connectivity index (χ1) is 13.4. The highest BCUT2D eigenvalue weighted by Crippen LogP contribution is 2.20. The maximum Gasteiger partial charge on any atom is 0.338 e. The third-order valence-electron chi connectivity index (χ3n) is 4.75. The Labute approximate surface area is 166 Å². The molecule has 0 aliphatic carbocycles. The van der Waals surface area contributed by atoms with Crippen LogP contribution >= 0.6 is 0 Å². The van der Waals surface area contributed by atoms with Crippen molar-refractivity contribution in [1.29, 1.82) is 0 Å². The Hall–Kier alpha value is -2.82. The number of rotatable bonds is 6. The third kappa shape index (κ3) is 4.91. The van der Waals surface area contributed by atoms with Crippen LogP contribution in [0.4, 0.5) is 0 Å². The molecule has 5 nitrogen and oxygen atoms in total. The van der Waals surface area contributed by atoms with Crippen LogP contribution in [0.3, 0.4) is 0 Å². The first kappa shape index (κ1) is 19.9. The summed E-state index contributed by atoms with van der Waals surface area (Å²) in [7, 11) is 0. The zero-order valence-corrected chi connectivity index (χ0v) is 16.7. The van der Waals surface area contributed by atoms with Gasteiger partial charge < -0.3 is 14.4 Å². The Bertz CT molecular complexity index is 829. The molecule has 0 bridgehead atoms. The van der Waals surface area contributed by atoms with Crippen molar-refractivity contribution in [2.24, 2.45) is 5.92 Å². The van der Waals surface area contributed by atoms with Gasteiger partial charge in [-0.25, -0.2) is 4.79 Å². The van der Waals surface area contributed by atoms with Crippen molar-refractivity contribution in [2.75, 3.05) is 13.2 Å². The van der Waals surface area contributed by atoms with Gasteiger partial charge in [0.15, 0.2) is 6.10 Å². The highest BCUT2D eigenvalue weighted by atomic mass is 16.5. The summed E-state index contributed by atoms with van der Waals surface area (Å²) in [6.07, 6.45) is -0.00456. The summed E-state index contributed by atoms with van der Waals surface area (Å²) in [5.74, 6) is 0.466. The Kier molecular flexibility index (Phi) is 6.34. The van der Waals surface area contributed by atoms with E-state index in [1.807, 2.05) is 18.2 Å². The molecule has 0 spiro atoms. The molecule has 1 amide bonds. The van der Waals surface area contributed by atoms with Gasteiger partial charge in [0, 0.05) is 13.1 Å². The summed E-state index contributed by atoms with van der Waals surface area (Å²) in [5, 5.41) is 0. The molecule has 2 aromatic carbocycles. The lowest BCUT2D eigenvalue weighted by atomic mass is 9.99. The van der Waals surface area contributed by atoms with Crippen LogP contribution in [0.2, 0.25) is 0 Å². The number of fused-ring (bicyclic) bond motifs is 1. The van der Waals surface area contributed by atoms with Crippen LogP contribution in [-0.2, 0) is 22.5 Å². The lowest BCUT2D eigenvalue weighted by molar-refractivity contribution is -0.140. The highest BCUT2D eigenvalue weighted by molar-refractivity contribution is 5.92. The predicted octanol–water partition coefficient (Wildman–Crippen LogP) is 3.85. The second-order valence-corrected chi connectivity index (χ2v) is 7.56. The second kappa shape index (κ2) is 8.91. The maximum atomic E-state index is 12.7. The minimum Gasteiger partial charge on any atom is -0.493 e. The summed E-state index contributed by atoms with van der Waals surface area (Å²) in [6, 6.07) is 14.9. The number of nitrogens with zero attached hydrogens (tertiary/aromatic N) is 1. The molecule has 1 heterocycles. The van der Waals surface area contributed by atoms with E-state index >= 15 is 0 Å². The predicted molar refractivity (Wildman–Crippen MR) is 107 cm³/mol. The molecule has 0 unspecified atom stereocenters. The molecule has 0 aromatic heterocycles. The standard InChI is InChI=1S/C23H27NO4/c1-16(2)15-27-21-10-8-19(9-11-21)23(26)28-17(3)22(25)24-13-12-18-6-4-5-7-20(18)14-24/h4-11,16-17H,12-15H2,1-3H3/t17-/m0/s1. The van der Waals surface area contributed by atoms with E-state index in [0.717, 1.165) is 12.0 Å². The summed E-state index contributed by atoms with van der Waals surface area (Å²) < 4.78 is 11.0. The van der Waals surface area contributed by atoms with Crippen molar-refractivity contribution < 1.29 is 19.1 Å². The van der Waals surface area contributed by atoms with E-state index in [1.54, 1.807) is 36.1 Å². The molecule has 0 saturated carbocycles. The fourth-order valence-corrected chi connectivity index (χ4v) is 3.17. The lowest BCUT2D eigenvalue weighted by Crippen LogP contribution is -2.42. The summed E-state index contributed by atoms with van der Waals surface area (Å²) >= 11 is 0. The molecule has 1 aliphatic heterocycles. The van der Waals surface area contributed by atoms with Gasteiger partial charge in [-0.1, -0.05) is 38.1 Å². The fraction of sp³-hybridized carbons (Fsp3) is 0.391. The number of ether oxygens (including phenoxy) is 2. The number of benzene rings is 2. The van der Waals surface area contributed by atoms with Crippen molar-refractivity contribution in [1.82, 2.24) is 4.90 Å². The monoisotopic (exact) mass is 381 g/mol. The second-order valence-electron chi connectivity index (χ2n) is 7.56. The van der Waals surface area contributed by atoms with Crippen LogP contribution in [0.25, 0.3) is 0 Å². The van der Waals surface area contributed by atoms with Crippen molar-refractivity contribution in [2.45, 2.75) is 39.8 Å². The van der Waals surface area contributed by atoms with Crippen LogP contribution < -0.4 is 4.74 Å². The summed E-state index contributed by atoms with van der Waals surface area (Å²) in [4.78, 5) is 26.8. The van der Waals surface area contributed by atoms with Crippen LogP contribution in [0.15, 0.2) is 48.5 Å². The quantitative estimate of drug-likeness (QED) is 0.713. The first-order valence-corrected chi connectivity index (χ1v) is 9.73. The Morgan fingerprint density at radius 1 is 1.00 bits per heavy atom. The van der Waals surface area contributed by atoms with Crippen molar-refractivity contribution in [3.63, 3.8) is 0 Å². The van der Waals surface area contributed by atoms with Crippen LogP contribution in [0, 0.1) is 5.92 Å².